The summed E-state index contributed by atoms with van der Waals surface area (Å²) in [6.45, 7) is 7.43. The third-order valence-electron chi connectivity index (χ3n) is 3.52. The van der Waals surface area contributed by atoms with E-state index in [-0.39, 0.29) is 6.09 Å². The molecule has 1 N–H and O–H groups in total. The van der Waals surface area contributed by atoms with Crippen molar-refractivity contribution in [2.24, 2.45) is 0 Å². The van der Waals surface area contributed by atoms with Crippen LogP contribution in [0.3, 0.4) is 0 Å². The molecule has 1 aliphatic heterocycles. The van der Waals surface area contributed by atoms with E-state index in [1.807, 2.05) is 25.7 Å². The summed E-state index contributed by atoms with van der Waals surface area (Å²) in [5.74, 6) is 0. The van der Waals surface area contributed by atoms with Crippen molar-refractivity contribution in [3.8, 4) is 0 Å². The van der Waals surface area contributed by atoms with Crippen molar-refractivity contribution in [1.29, 1.82) is 0 Å². The quantitative estimate of drug-likeness (QED) is 0.705. The number of nitrogens with one attached hydrogen (secondary N) is 1. The lowest BCUT2D eigenvalue weighted by Crippen LogP contribution is -2.61. The Balaban J connectivity index is 2.01. The molecule has 1 amide bonds. The zero-order chi connectivity index (χ0) is 12.5. The standard InChI is InChI=1S/C13H24N2O2/c1-13(2,3)17-12(16)15-9-8-14-10-6-4-5-7-11(10)15/h10-11,14H,4-9H2,1-3H3/t10-,11-/m1/s1. The minimum atomic E-state index is -0.397. The van der Waals surface area contributed by atoms with Crippen LogP contribution in [0.1, 0.15) is 46.5 Å². The average Bonchev–Trinajstić information content (AvgIpc) is 2.26. The molecule has 98 valence electrons. The van der Waals surface area contributed by atoms with E-state index in [9.17, 15) is 4.79 Å². The molecule has 1 saturated carbocycles. The number of piperazine rings is 1. The van der Waals surface area contributed by atoms with Gasteiger partial charge < -0.3 is 15.0 Å². The number of nitrogens with zero attached hydrogens (tertiary/aromatic N) is 1. The van der Waals surface area contributed by atoms with Gasteiger partial charge in [-0.2, -0.15) is 0 Å². The Labute approximate surface area is 104 Å². The molecule has 2 rings (SSSR count). The van der Waals surface area contributed by atoms with Crippen molar-refractivity contribution < 1.29 is 9.53 Å². The predicted molar refractivity (Wildman–Crippen MR) is 67.0 cm³/mol. The second-order valence-electron chi connectivity index (χ2n) is 6.09. The molecule has 17 heavy (non-hydrogen) atoms. The number of rotatable bonds is 0. The molecule has 0 bridgehead atoms. The van der Waals surface area contributed by atoms with Crippen molar-refractivity contribution in [3.63, 3.8) is 0 Å². The second-order valence-corrected chi connectivity index (χ2v) is 6.09. The Morgan fingerprint density at radius 1 is 1.29 bits per heavy atom. The highest BCUT2D eigenvalue weighted by molar-refractivity contribution is 5.69. The van der Waals surface area contributed by atoms with Gasteiger partial charge in [0.1, 0.15) is 5.60 Å². The molecule has 0 spiro atoms. The van der Waals surface area contributed by atoms with Gasteiger partial charge in [-0.25, -0.2) is 4.79 Å². The predicted octanol–water partition coefficient (Wildman–Crippen LogP) is 2.14. The zero-order valence-electron chi connectivity index (χ0n) is 11.2. The molecule has 4 nitrogen and oxygen atoms in total. The number of ether oxygens (including phenoxy) is 1. The molecule has 0 aromatic rings. The molecule has 1 saturated heterocycles. The lowest BCUT2D eigenvalue weighted by molar-refractivity contribution is 0.000269. The first kappa shape index (κ1) is 12.7. The first-order valence-electron chi connectivity index (χ1n) is 6.70. The molecular weight excluding hydrogens is 216 g/mol. The smallest absolute Gasteiger partial charge is 0.410 e. The maximum Gasteiger partial charge on any atom is 0.410 e. The van der Waals surface area contributed by atoms with Crippen LogP contribution in [0.4, 0.5) is 4.79 Å². The number of fused-ring (bicyclic) bond motifs is 1. The molecule has 2 atom stereocenters. The Morgan fingerprint density at radius 3 is 2.71 bits per heavy atom. The molecular formula is C13H24N2O2. The van der Waals surface area contributed by atoms with Crippen LogP contribution >= 0.6 is 0 Å². The Hall–Kier alpha value is -0.770. The average molecular weight is 240 g/mol. The number of carbonyl (C=O) groups excluding carboxylic acids is 1. The molecule has 2 fully saturated rings. The third kappa shape index (κ3) is 3.12. The minimum Gasteiger partial charge on any atom is -0.444 e. The highest BCUT2D eigenvalue weighted by atomic mass is 16.6. The molecule has 1 aliphatic carbocycles. The summed E-state index contributed by atoms with van der Waals surface area (Å²) in [6.07, 6.45) is 4.65. The first-order chi connectivity index (χ1) is 7.97. The van der Waals surface area contributed by atoms with Gasteiger partial charge in [0, 0.05) is 19.1 Å². The largest absolute Gasteiger partial charge is 0.444 e. The van der Waals surface area contributed by atoms with Gasteiger partial charge in [0.15, 0.2) is 0 Å². The van der Waals surface area contributed by atoms with Crippen LogP contribution in [0.15, 0.2) is 0 Å². The fourth-order valence-electron chi connectivity index (χ4n) is 2.81. The Morgan fingerprint density at radius 2 is 2.00 bits per heavy atom. The Kier molecular flexibility index (Phi) is 3.61. The SMILES string of the molecule is CC(C)(C)OC(=O)N1CCN[C@@H]2CCCC[C@H]21. The van der Waals surface area contributed by atoms with E-state index in [4.69, 9.17) is 4.74 Å². The van der Waals surface area contributed by atoms with Gasteiger partial charge >= 0.3 is 6.09 Å². The van der Waals surface area contributed by atoms with E-state index in [1.54, 1.807) is 0 Å². The second kappa shape index (κ2) is 4.84. The molecule has 0 unspecified atom stereocenters. The lowest BCUT2D eigenvalue weighted by Gasteiger charge is -2.44. The Bertz CT molecular complexity index is 284. The molecule has 0 aromatic carbocycles. The van der Waals surface area contributed by atoms with Gasteiger partial charge in [-0.3, -0.25) is 0 Å². The van der Waals surface area contributed by atoms with Gasteiger partial charge in [-0.05, 0) is 33.6 Å². The van der Waals surface area contributed by atoms with Crippen LogP contribution in [-0.2, 0) is 4.74 Å². The molecule has 0 aromatic heterocycles. The van der Waals surface area contributed by atoms with Crippen molar-refractivity contribution in [2.75, 3.05) is 13.1 Å². The van der Waals surface area contributed by atoms with E-state index in [2.05, 4.69) is 5.32 Å². The van der Waals surface area contributed by atoms with Gasteiger partial charge in [-0.1, -0.05) is 12.8 Å². The summed E-state index contributed by atoms with van der Waals surface area (Å²) in [5, 5.41) is 3.52. The maximum atomic E-state index is 12.1. The summed E-state index contributed by atoms with van der Waals surface area (Å²) in [5.41, 5.74) is -0.397. The summed E-state index contributed by atoms with van der Waals surface area (Å²) >= 11 is 0. The monoisotopic (exact) mass is 240 g/mol. The highest BCUT2D eigenvalue weighted by Gasteiger charge is 2.37. The third-order valence-corrected chi connectivity index (χ3v) is 3.52. The number of amides is 1. The number of hydrogen-bond acceptors (Lipinski definition) is 3. The van der Waals surface area contributed by atoms with Crippen LogP contribution in [-0.4, -0.2) is 41.8 Å². The summed E-state index contributed by atoms with van der Waals surface area (Å²) in [6, 6.07) is 0.817. The van der Waals surface area contributed by atoms with E-state index >= 15 is 0 Å². The van der Waals surface area contributed by atoms with E-state index in [0.717, 1.165) is 19.5 Å². The molecule has 1 heterocycles. The summed E-state index contributed by atoms with van der Waals surface area (Å²) < 4.78 is 5.49. The van der Waals surface area contributed by atoms with E-state index in [1.165, 1.54) is 19.3 Å². The normalized spacial score (nSPS) is 29.7. The fraction of sp³-hybridized carbons (Fsp3) is 0.923. The molecule has 4 heteroatoms. The lowest BCUT2D eigenvalue weighted by atomic mass is 9.88. The van der Waals surface area contributed by atoms with Crippen LogP contribution in [0.25, 0.3) is 0 Å². The number of carbonyl (C=O) groups is 1. The van der Waals surface area contributed by atoms with Crippen LogP contribution in [0, 0.1) is 0 Å². The van der Waals surface area contributed by atoms with Crippen LogP contribution in [0.2, 0.25) is 0 Å². The fourth-order valence-corrected chi connectivity index (χ4v) is 2.81. The van der Waals surface area contributed by atoms with E-state index < -0.39 is 5.60 Å². The summed E-state index contributed by atoms with van der Waals surface area (Å²) in [4.78, 5) is 14.1. The van der Waals surface area contributed by atoms with Crippen molar-refractivity contribution >= 4 is 6.09 Å². The highest BCUT2D eigenvalue weighted by Crippen LogP contribution is 2.26. The molecule has 2 aliphatic rings. The van der Waals surface area contributed by atoms with Gasteiger partial charge in [0.25, 0.3) is 0 Å². The van der Waals surface area contributed by atoms with Gasteiger partial charge in [0.2, 0.25) is 0 Å². The zero-order valence-corrected chi connectivity index (χ0v) is 11.2. The minimum absolute atomic E-state index is 0.143. The van der Waals surface area contributed by atoms with Gasteiger partial charge in [0.05, 0.1) is 6.04 Å². The summed E-state index contributed by atoms with van der Waals surface area (Å²) in [7, 11) is 0. The van der Waals surface area contributed by atoms with Crippen LogP contribution in [0.5, 0.6) is 0 Å². The topological polar surface area (TPSA) is 41.6 Å². The maximum absolute atomic E-state index is 12.1. The van der Waals surface area contributed by atoms with E-state index in [0.29, 0.717) is 12.1 Å². The first-order valence-corrected chi connectivity index (χ1v) is 6.70. The van der Waals surface area contributed by atoms with Crippen molar-refractivity contribution in [2.45, 2.75) is 64.1 Å². The van der Waals surface area contributed by atoms with Crippen molar-refractivity contribution in [1.82, 2.24) is 10.2 Å². The van der Waals surface area contributed by atoms with Gasteiger partial charge in [-0.15, -0.1) is 0 Å². The number of hydrogen-bond donors (Lipinski definition) is 1. The molecule has 0 radical (unpaired) electrons. The van der Waals surface area contributed by atoms with Crippen molar-refractivity contribution in [3.05, 3.63) is 0 Å². The van der Waals surface area contributed by atoms with Crippen LogP contribution < -0.4 is 5.32 Å².